The number of nitrogens with one attached hydrogen (secondary N) is 1. The summed E-state index contributed by atoms with van der Waals surface area (Å²) < 4.78 is 16.3. The van der Waals surface area contributed by atoms with Gasteiger partial charge in [-0.2, -0.15) is 0 Å². The Morgan fingerprint density at radius 3 is 2.37 bits per heavy atom. The predicted molar refractivity (Wildman–Crippen MR) is 75.4 cm³/mol. The van der Waals surface area contributed by atoms with Crippen LogP contribution in [0.15, 0.2) is 12.1 Å². The normalized spacial score (nSPS) is 22.3. The maximum atomic E-state index is 5.53. The van der Waals surface area contributed by atoms with Gasteiger partial charge in [0, 0.05) is 11.1 Å². The third kappa shape index (κ3) is 2.78. The molecule has 1 heterocycles. The number of hydrogen-bond donors (Lipinski definition) is 1. The molecule has 1 N–H and O–H groups in total. The Morgan fingerprint density at radius 2 is 1.84 bits per heavy atom. The molecule has 0 spiro atoms. The predicted octanol–water partition coefficient (Wildman–Crippen LogP) is 2.40. The molecular weight excluding hydrogens is 242 g/mol. The van der Waals surface area contributed by atoms with E-state index in [1.54, 1.807) is 21.3 Å². The summed E-state index contributed by atoms with van der Waals surface area (Å²) in [6, 6.07) is 4.00. The first-order chi connectivity index (χ1) is 9.13. The van der Waals surface area contributed by atoms with Gasteiger partial charge in [-0.25, -0.2) is 0 Å². The van der Waals surface area contributed by atoms with E-state index in [9.17, 15) is 0 Å². The van der Waals surface area contributed by atoms with Crippen LogP contribution in [-0.2, 0) is 6.42 Å². The molecule has 1 saturated heterocycles. The van der Waals surface area contributed by atoms with Crippen LogP contribution in [0.1, 0.15) is 25.3 Å². The fraction of sp³-hybridized carbons (Fsp3) is 0.600. The van der Waals surface area contributed by atoms with Crippen molar-refractivity contribution in [3.8, 4) is 17.2 Å². The minimum atomic E-state index is 0.146. The van der Waals surface area contributed by atoms with Gasteiger partial charge in [-0.05, 0) is 38.8 Å². The van der Waals surface area contributed by atoms with Crippen LogP contribution in [0.4, 0.5) is 0 Å². The van der Waals surface area contributed by atoms with Crippen LogP contribution < -0.4 is 19.5 Å². The lowest BCUT2D eigenvalue weighted by Crippen LogP contribution is -2.38. The van der Waals surface area contributed by atoms with Crippen LogP contribution in [0.25, 0.3) is 0 Å². The van der Waals surface area contributed by atoms with Gasteiger partial charge in [0.2, 0.25) is 5.75 Å². The molecule has 4 nitrogen and oxygen atoms in total. The molecule has 1 aliphatic heterocycles. The highest BCUT2D eigenvalue weighted by Gasteiger charge is 2.30. The summed E-state index contributed by atoms with van der Waals surface area (Å²) in [7, 11) is 4.95. The second kappa shape index (κ2) is 5.70. The second-order valence-corrected chi connectivity index (χ2v) is 5.26. The van der Waals surface area contributed by atoms with Gasteiger partial charge in [0.25, 0.3) is 0 Å². The molecule has 0 amide bonds. The van der Waals surface area contributed by atoms with E-state index in [4.69, 9.17) is 14.2 Å². The average Bonchev–Trinajstić information content (AvgIpc) is 2.84. The first kappa shape index (κ1) is 14.0. The Labute approximate surface area is 115 Å². The molecule has 0 bridgehead atoms. The minimum Gasteiger partial charge on any atom is -0.493 e. The molecule has 2 rings (SSSR count). The molecule has 19 heavy (non-hydrogen) atoms. The van der Waals surface area contributed by atoms with Crippen molar-refractivity contribution in [3.63, 3.8) is 0 Å². The van der Waals surface area contributed by atoms with Gasteiger partial charge in [0.1, 0.15) is 0 Å². The fourth-order valence-corrected chi connectivity index (χ4v) is 2.83. The number of methoxy groups -OCH3 is 3. The van der Waals surface area contributed by atoms with Gasteiger partial charge < -0.3 is 19.5 Å². The fourth-order valence-electron chi connectivity index (χ4n) is 2.83. The lowest BCUT2D eigenvalue weighted by atomic mass is 9.90. The van der Waals surface area contributed by atoms with E-state index in [0.29, 0.717) is 11.5 Å². The van der Waals surface area contributed by atoms with Gasteiger partial charge in [-0.1, -0.05) is 6.07 Å². The standard InChI is InChI=1S/C15H23NO3/c1-15(8-5-9-16-15)10-11-6-7-12(17-2)14(19-4)13(11)18-3/h6-7,16H,5,8-10H2,1-4H3. The smallest absolute Gasteiger partial charge is 0.203 e. The van der Waals surface area contributed by atoms with Crippen molar-refractivity contribution in [2.45, 2.75) is 31.7 Å². The van der Waals surface area contributed by atoms with Crippen molar-refractivity contribution in [1.29, 1.82) is 0 Å². The first-order valence-corrected chi connectivity index (χ1v) is 6.66. The topological polar surface area (TPSA) is 39.7 Å². The molecule has 1 aromatic rings. The van der Waals surface area contributed by atoms with Gasteiger partial charge >= 0.3 is 0 Å². The van der Waals surface area contributed by atoms with Crippen molar-refractivity contribution in [3.05, 3.63) is 17.7 Å². The second-order valence-electron chi connectivity index (χ2n) is 5.26. The molecule has 0 radical (unpaired) electrons. The highest BCUT2D eigenvalue weighted by atomic mass is 16.5. The van der Waals surface area contributed by atoms with Crippen LogP contribution in [0.3, 0.4) is 0 Å². The molecule has 0 aromatic heterocycles. The number of benzene rings is 1. The molecule has 0 aliphatic carbocycles. The largest absolute Gasteiger partial charge is 0.493 e. The summed E-state index contributed by atoms with van der Waals surface area (Å²) in [5, 5.41) is 3.57. The van der Waals surface area contributed by atoms with Crippen LogP contribution in [-0.4, -0.2) is 33.4 Å². The Hall–Kier alpha value is -1.42. The van der Waals surface area contributed by atoms with E-state index in [2.05, 4.69) is 18.3 Å². The van der Waals surface area contributed by atoms with Crippen molar-refractivity contribution >= 4 is 0 Å². The zero-order valence-electron chi connectivity index (χ0n) is 12.2. The molecule has 1 fully saturated rings. The van der Waals surface area contributed by atoms with Gasteiger partial charge in [-0.3, -0.25) is 0 Å². The van der Waals surface area contributed by atoms with E-state index in [-0.39, 0.29) is 5.54 Å². The van der Waals surface area contributed by atoms with Gasteiger partial charge in [0.05, 0.1) is 21.3 Å². The van der Waals surface area contributed by atoms with Crippen molar-refractivity contribution in [2.75, 3.05) is 27.9 Å². The summed E-state index contributed by atoms with van der Waals surface area (Å²) in [5.41, 5.74) is 1.30. The molecule has 106 valence electrons. The maximum absolute atomic E-state index is 5.53. The molecule has 1 unspecified atom stereocenters. The highest BCUT2D eigenvalue weighted by Crippen LogP contribution is 2.41. The summed E-state index contributed by atoms with van der Waals surface area (Å²) in [5.74, 6) is 2.15. The molecular formula is C15H23NO3. The van der Waals surface area contributed by atoms with E-state index < -0.39 is 0 Å². The van der Waals surface area contributed by atoms with E-state index >= 15 is 0 Å². The Morgan fingerprint density at radius 1 is 1.11 bits per heavy atom. The zero-order valence-corrected chi connectivity index (χ0v) is 12.2. The molecule has 0 saturated carbocycles. The van der Waals surface area contributed by atoms with Crippen LogP contribution in [0, 0.1) is 0 Å². The summed E-state index contributed by atoms with van der Waals surface area (Å²) in [6.45, 7) is 3.35. The van der Waals surface area contributed by atoms with E-state index in [1.165, 1.54) is 12.8 Å². The first-order valence-electron chi connectivity index (χ1n) is 6.66. The lowest BCUT2D eigenvalue weighted by Gasteiger charge is -2.26. The third-order valence-electron chi connectivity index (χ3n) is 3.82. The number of rotatable bonds is 5. The SMILES string of the molecule is COc1ccc(CC2(C)CCCN2)c(OC)c1OC. The molecule has 1 atom stereocenters. The average molecular weight is 265 g/mol. The van der Waals surface area contributed by atoms with Crippen LogP contribution in [0.2, 0.25) is 0 Å². The lowest BCUT2D eigenvalue weighted by molar-refractivity contribution is 0.318. The molecule has 1 aliphatic rings. The van der Waals surface area contributed by atoms with Crippen molar-refractivity contribution in [1.82, 2.24) is 5.32 Å². The monoisotopic (exact) mass is 265 g/mol. The van der Waals surface area contributed by atoms with Gasteiger partial charge in [0.15, 0.2) is 11.5 Å². The molecule has 1 aromatic carbocycles. The number of ether oxygens (including phenoxy) is 3. The quantitative estimate of drug-likeness (QED) is 0.887. The summed E-state index contributed by atoms with van der Waals surface area (Å²) in [4.78, 5) is 0. The highest BCUT2D eigenvalue weighted by molar-refractivity contribution is 5.56. The summed E-state index contributed by atoms with van der Waals surface area (Å²) in [6.07, 6.45) is 3.34. The van der Waals surface area contributed by atoms with Gasteiger partial charge in [-0.15, -0.1) is 0 Å². The van der Waals surface area contributed by atoms with E-state index in [1.807, 2.05) is 6.07 Å². The summed E-state index contributed by atoms with van der Waals surface area (Å²) >= 11 is 0. The van der Waals surface area contributed by atoms with E-state index in [0.717, 1.165) is 24.3 Å². The Balaban J connectivity index is 2.34. The number of hydrogen-bond acceptors (Lipinski definition) is 4. The van der Waals surface area contributed by atoms with Crippen LogP contribution >= 0.6 is 0 Å². The Kier molecular flexibility index (Phi) is 4.20. The molecule has 4 heteroatoms. The van der Waals surface area contributed by atoms with Crippen LogP contribution in [0.5, 0.6) is 17.2 Å². The minimum absolute atomic E-state index is 0.146. The third-order valence-corrected chi connectivity index (χ3v) is 3.82. The zero-order chi connectivity index (χ0) is 13.9. The maximum Gasteiger partial charge on any atom is 0.203 e. The van der Waals surface area contributed by atoms with Crippen molar-refractivity contribution < 1.29 is 14.2 Å². The Bertz CT molecular complexity index is 439. The van der Waals surface area contributed by atoms with Crippen molar-refractivity contribution in [2.24, 2.45) is 0 Å².